The number of benzene rings is 2. The third-order valence-corrected chi connectivity index (χ3v) is 4.92. The lowest BCUT2D eigenvalue weighted by atomic mass is 10.1. The Bertz CT molecular complexity index is 771. The first-order chi connectivity index (χ1) is 12.1. The zero-order valence-corrected chi connectivity index (χ0v) is 14.8. The molecule has 1 saturated heterocycles. The summed E-state index contributed by atoms with van der Waals surface area (Å²) in [5, 5.41) is 2.97. The highest BCUT2D eigenvalue weighted by Gasteiger charge is 2.35. The second kappa shape index (κ2) is 7.51. The highest BCUT2D eigenvalue weighted by Crippen LogP contribution is 2.29. The molecule has 0 aliphatic carbocycles. The fraction of sp³-hybridized carbons (Fsp3) is 0.333. The minimum atomic E-state index is -0.275. The van der Waals surface area contributed by atoms with Crippen molar-refractivity contribution in [2.24, 2.45) is 5.92 Å². The predicted octanol–water partition coefficient (Wildman–Crippen LogP) is 3.02. The maximum atomic E-state index is 12.4. The number of amides is 2. The van der Waals surface area contributed by atoms with Crippen molar-refractivity contribution in [2.45, 2.75) is 26.7 Å². The molecule has 3 rings (SSSR count). The lowest BCUT2D eigenvalue weighted by Gasteiger charge is -2.20. The van der Waals surface area contributed by atoms with Crippen LogP contribution in [0.25, 0.3) is 0 Å². The van der Waals surface area contributed by atoms with E-state index in [1.807, 2.05) is 62.4 Å². The quantitative estimate of drug-likeness (QED) is 0.912. The molecule has 4 heteroatoms. The summed E-state index contributed by atoms with van der Waals surface area (Å²) in [5.41, 5.74) is 4.37. The molecule has 0 bridgehead atoms. The fourth-order valence-electron chi connectivity index (χ4n) is 3.26. The Hall–Kier alpha value is -2.62. The van der Waals surface area contributed by atoms with Crippen LogP contribution in [0.3, 0.4) is 0 Å². The van der Waals surface area contributed by atoms with Crippen LogP contribution in [0.2, 0.25) is 0 Å². The van der Waals surface area contributed by atoms with Crippen molar-refractivity contribution >= 4 is 17.5 Å². The summed E-state index contributed by atoms with van der Waals surface area (Å²) in [6, 6.07) is 16.0. The van der Waals surface area contributed by atoms with E-state index in [2.05, 4.69) is 5.32 Å². The SMILES string of the molecule is Cc1cccc(N2C[C@H](C(=O)NCCc3ccccc3)CC2=O)c1C. The van der Waals surface area contributed by atoms with Gasteiger partial charge in [0.25, 0.3) is 0 Å². The molecule has 1 heterocycles. The van der Waals surface area contributed by atoms with Crippen molar-refractivity contribution in [3.63, 3.8) is 0 Å². The van der Waals surface area contributed by atoms with Gasteiger partial charge in [-0.2, -0.15) is 0 Å². The third-order valence-electron chi connectivity index (χ3n) is 4.92. The first kappa shape index (κ1) is 17.2. The van der Waals surface area contributed by atoms with E-state index in [0.29, 0.717) is 13.1 Å². The van der Waals surface area contributed by atoms with Gasteiger partial charge in [-0.05, 0) is 43.0 Å². The Labute approximate surface area is 148 Å². The number of carbonyl (C=O) groups excluding carboxylic acids is 2. The van der Waals surface area contributed by atoms with Crippen LogP contribution in [0.15, 0.2) is 48.5 Å². The lowest BCUT2D eigenvalue weighted by molar-refractivity contribution is -0.126. The lowest BCUT2D eigenvalue weighted by Crippen LogP contribution is -2.34. The largest absolute Gasteiger partial charge is 0.355 e. The number of anilines is 1. The van der Waals surface area contributed by atoms with Gasteiger partial charge in [0.2, 0.25) is 11.8 Å². The predicted molar refractivity (Wildman–Crippen MR) is 99.5 cm³/mol. The number of rotatable bonds is 5. The van der Waals surface area contributed by atoms with E-state index in [0.717, 1.165) is 23.2 Å². The number of hydrogen-bond donors (Lipinski definition) is 1. The topological polar surface area (TPSA) is 49.4 Å². The number of nitrogens with one attached hydrogen (secondary N) is 1. The first-order valence-corrected chi connectivity index (χ1v) is 8.74. The van der Waals surface area contributed by atoms with Gasteiger partial charge in [-0.15, -0.1) is 0 Å². The summed E-state index contributed by atoms with van der Waals surface area (Å²) in [6.45, 7) is 5.11. The van der Waals surface area contributed by atoms with E-state index in [-0.39, 0.29) is 24.2 Å². The summed E-state index contributed by atoms with van der Waals surface area (Å²) in [6.07, 6.45) is 1.08. The van der Waals surface area contributed by atoms with Gasteiger partial charge < -0.3 is 10.2 Å². The van der Waals surface area contributed by atoms with Crippen LogP contribution in [0.5, 0.6) is 0 Å². The van der Waals surface area contributed by atoms with E-state index in [4.69, 9.17) is 0 Å². The molecule has 1 atom stereocenters. The Morgan fingerprint density at radius 1 is 1.12 bits per heavy atom. The van der Waals surface area contributed by atoms with E-state index in [1.54, 1.807) is 4.90 Å². The maximum Gasteiger partial charge on any atom is 0.227 e. The molecule has 25 heavy (non-hydrogen) atoms. The molecule has 0 saturated carbocycles. The highest BCUT2D eigenvalue weighted by molar-refractivity contribution is 6.00. The molecular formula is C21H24N2O2. The second-order valence-electron chi connectivity index (χ2n) is 6.65. The van der Waals surface area contributed by atoms with E-state index >= 15 is 0 Å². The van der Waals surface area contributed by atoms with Crippen LogP contribution >= 0.6 is 0 Å². The summed E-state index contributed by atoms with van der Waals surface area (Å²) in [5.74, 6) is -0.280. The molecule has 1 aliphatic heterocycles. The third kappa shape index (κ3) is 3.90. The van der Waals surface area contributed by atoms with Gasteiger partial charge in [-0.3, -0.25) is 9.59 Å². The fourth-order valence-corrected chi connectivity index (χ4v) is 3.26. The van der Waals surface area contributed by atoms with Crippen molar-refractivity contribution in [3.8, 4) is 0 Å². The summed E-state index contributed by atoms with van der Waals surface area (Å²) in [7, 11) is 0. The Morgan fingerprint density at radius 2 is 1.88 bits per heavy atom. The van der Waals surface area contributed by atoms with Crippen LogP contribution in [0.1, 0.15) is 23.1 Å². The van der Waals surface area contributed by atoms with Gasteiger partial charge in [0.05, 0.1) is 5.92 Å². The molecule has 2 aromatic carbocycles. The van der Waals surface area contributed by atoms with Crippen molar-refractivity contribution in [2.75, 3.05) is 18.0 Å². The normalized spacial score (nSPS) is 17.0. The minimum absolute atomic E-state index is 0.0249. The average Bonchev–Trinajstić information content (AvgIpc) is 3.00. The van der Waals surface area contributed by atoms with E-state index < -0.39 is 0 Å². The van der Waals surface area contributed by atoms with Crippen molar-refractivity contribution in [1.82, 2.24) is 5.32 Å². The van der Waals surface area contributed by atoms with Crippen LogP contribution in [0.4, 0.5) is 5.69 Å². The molecule has 1 fully saturated rings. The van der Waals surface area contributed by atoms with Gasteiger partial charge in [-0.25, -0.2) is 0 Å². The monoisotopic (exact) mass is 336 g/mol. The number of carbonyl (C=O) groups is 2. The van der Waals surface area contributed by atoms with E-state index in [1.165, 1.54) is 5.56 Å². The molecule has 130 valence electrons. The molecule has 0 aromatic heterocycles. The molecule has 0 unspecified atom stereocenters. The average molecular weight is 336 g/mol. The van der Waals surface area contributed by atoms with Gasteiger partial charge in [0.1, 0.15) is 0 Å². The Kier molecular flexibility index (Phi) is 5.17. The molecule has 2 amide bonds. The van der Waals surface area contributed by atoms with Crippen molar-refractivity contribution in [3.05, 3.63) is 65.2 Å². The van der Waals surface area contributed by atoms with Gasteiger partial charge >= 0.3 is 0 Å². The van der Waals surface area contributed by atoms with Crippen LogP contribution in [-0.4, -0.2) is 24.9 Å². The summed E-state index contributed by atoms with van der Waals surface area (Å²) < 4.78 is 0. The number of nitrogens with zero attached hydrogens (tertiary/aromatic N) is 1. The summed E-state index contributed by atoms with van der Waals surface area (Å²) >= 11 is 0. The zero-order valence-electron chi connectivity index (χ0n) is 14.8. The van der Waals surface area contributed by atoms with Gasteiger partial charge in [-0.1, -0.05) is 42.5 Å². The first-order valence-electron chi connectivity index (χ1n) is 8.74. The molecule has 1 aliphatic rings. The minimum Gasteiger partial charge on any atom is -0.355 e. The van der Waals surface area contributed by atoms with Gasteiger partial charge in [0, 0.05) is 25.2 Å². The van der Waals surface area contributed by atoms with Crippen LogP contribution < -0.4 is 10.2 Å². The number of aryl methyl sites for hydroxylation is 1. The molecule has 0 spiro atoms. The summed E-state index contributed by atoms with van der Waals surface area (Å²) in [4.78, 5) is 26.6. The smallest absolute Gasteiger partial charge is 0.227 e. The standard InChI is InChI=1S/C21H24N2O2/c1-15-7-6-10-19(16(15)2)23-14-18(13-20(23)24)21(25)22-12-11-17-8-4-3-5-9-17/h3-10,18H,11-14H2,1-2H3,(H,22,25)/t18-/m1/s1. The Morgan fingerprint density at radius 3 is 2.64 bits per heavy atom. The molecule has 2 aromatic rings. The second-order valence-corrected chi connectivity index (χ2v) is 6.65. The van der Waals surface area contributed by atoms with Crippen molar-refractivity contribution in [1.29, 1.82) is 0 Å². The van der Waals surface area contributed by atoms with Crippen LogP contribution in [-0.2, 0) is 16.0 Å². The van der Waals surface area contributed by atoms with Crippen molar-refractivity contribution < 1.29 is 9.59 Å². The van der Waals surface area contributed by atoms with Gasteiger partial charge in [0.15, 0.2) is 0 Å². The molecule has 0 radical (unpaired) electrons. The highest BCUT2D eigenvalue weighted by atomic mass is 16.2. The number of hydrogen-bond acceptors (Lipinski definition) is 2. The molecular weight excluding hydrogens is 312 g/mol. The molecule has 4 nitrogen and oxygen atoms in total. The Balaban J connectivity index is 1.58. The maximum absolute atomic E-state index is 12.4. The van der Waals surface area contributed by atoms with Crippen LogP contribution in [0, 0.1) is 19.8 Å². The zero-order chi connectivity index (χ0) is 17.8. The van der Waals surface area contributed by atoms with E-state index in [9.17, 15) is 9.59 Å². The molecule has 1 N–H and O–H groups in total.